The van der Waals surface area contributed by atoms with Crippen molar-refractivity contribution < 1.29 is 4.79 Å². The summed E-state index contributed by atoms with van der Waals surface area (Å²) in [5.74, 6) is -0.0296. The molecule has 0 spiro atoms. The molecule has 1 heterocycles. The Morgan fingerprint density at radius 2 is 2.20 bits per heavy atom. The molecule has 0 radical (unpaired) electrons. The van der Waals surface area contributed by atoms with Gasteiger partial charge in [-0.15, -0.1) is 0 Å². The van der Waals surface area contributed by atoms with Gasteiger partial charge in [0.15, 0.2) is 0 Å². The molecule has 0 aliphatic carbocycles. The lowest BCUT2D eigenvalue weighted by molar-refractivity contribution is -0.124. The molecule has 4 nitrogen and oxygen atoms in total. The van der Waals surface area contributed by atoms with Crippen molar-refractivity contribution in [2.45, 2.75) is 32.4 Å². The fourth-order valence-electron chi connectivity index (χ4n) is 2.65. The predicted octanol–water partition coefficient (Wildman–Crippen LogP) is 1.36. The third kappa shape index (κ3) is 4.05. The number of carbonyl (C=O) groups excluding carboxylic acids is 1. The predicted molar refractivity (Wildman–Crippen MR) is 81.1 cm³/mol. The van der Waals surface area contributed by atoms with Crippen molar-refractivity contribution in [1.29, 1.82) is 0 Å². The first kappa shape index (κ1) is 15.0. The third-order valence-electron chi connectivity index (χ3n) is 4.04. The summed E-state index contributed by atoms with van der Waals surface area (Å²) in [5.41, 5.74) is 6.85. The topological polar surface area (TPSA) is 58.4 Å². The summed E-state index contributed by atoms with van der Waals surface area (Å²) in [7, 11) is 0. The largest absolute Gasteiger partial charge is 0.354 e. The van der Waals surface area contributed by atoms with E-state index in [1.807, 2.05) is 13.0 Å². The molecule has 1 aromatic carbocycles. The zero-order valence-corrected chi connectivity index (χ0v) is 12.2. The molecule has 1 aliphatic heterocycles. The second-order valence-electron chi connectivity index (χ2n) is 5.63. The fourth-order valence-corrected chi connectivity index (χ4v) is 2.65. The molecule has 2 atom stereocenters. The highest BCUT2D eigenvalue weighted by atomic mass is 16.1. The van der Waals surface area contributed by atoms with Gasteiger partial charge in [0.05, 0.1) is 0 Å². The van der Waals surface area contributed by atoms with Gasteiger partial charge in [-0.3, -0.25) is 9.69 Å². The first-order valence-electron chi connectivity index (χ1n) is 7.46. The van der Waals surface area contributed by atoms with Crippen molar-refractivity contribution in [1.82, 2.24) is 10.2 Å². The van der Waals surface area contributed by atoms with E-state index in [2.05, 4.69) is 34.5 Å². The number of nitrogens with one attached hydrogen (secondary N) is 1. The van der Waals surface area contributed by atoms with Crippen molar-refractivity contribution in [2.75, 3.05) is 19.6 Å². The lowest BCUT2D eigenvalue weighted by Crippen LogP contribution is -2.42. The van der Waals surface area contributed by atoms with Crippen molar-refractivity contribution in [3.63, 3.8) is 0 Å². The van der Waals surface area contributed by atoms with Gasteiger partial charge in [0, 0.05) is 31.6 Å². The molecular weight excluding hydrogens is 250 g/mol. The van der Waals surface area contributed by atoms with Crippen LogP contribution < -0.4 is 11.1 Å². The summed E-state index contributed by atoms with van der Waals surface area (Å²) in [6, 6.07) is 11.0. The van der Waals surface area contributed by atoms with Gasteiger partial charge in [-0.25, -0.2) is 0 Å². The van der Waals surface area contributed by atoms with Crippen LogP contribution in [-0.2, 0) is 11.3 Å². The zero-order valence-electron chi connectivity index (χ0n) is 12.2. The molecule has 0 bridgehead atoms. The van der Waals surface area contributed by atoms with Crippen LogP contribution in [0.25, 0.3) is 0 Å². The number of hydrogen-bond donors (Lipinski definition) is 2. The van der Waals surface area contributed by atoms with Crippen molar-refractivity contribution in [2.24, 2.45) is 11.7 Å². The van der Waals surface area contributed by atoms with Gasteiger partial charge < -0.3 is 11.1 Å². The van der Waals surface area contributed by atoms with Crippen LogP contribution in [-0.4, -0.2) is 36.5 Å². The summed E-state index contributed by atoms with van der Waals surface area (Å²) in [6.07, 6.45) is 2.37. The second-order valence-corrected chi connectivity index (χ2v) is 5.63. The maximum atomic E-state index is 11.8. The monoisotopic (exact) mass is 275 g/mol. The number of likely N-dealkylation sites (tertiary alicyclic amines) is 1. The number of hydrogen-bond acceptors (Lipinski definition) is 3. The Hall–Kier alpha value is -1.39. The lowest BCUT2D eigenvalue weighted by atomic mass is 10.1. The minimum Gasteiger partial charge on any atom is -0.354 e. The molecule has 0 saturated carbocycles. The molecule has 2 rings (SSSR count). The van der Waals surface area contributed by atoms with Crippen LogP contribution in [0, 0.1) is 5.92 Å². The molecule has 1 fully saturated rings. The van der Waals surface area contributed by atoms with Gasteiger partial charge in [-0.1, -0.05) is 37.3 Å². The molecule has 0 aromatic heterocycles. The second kappa shape index (κ2) is 7.41. The van der Waals surface area contributed by atoms with Crippen LogP contribution in [0.2, 0.25) is 0 Å². The number of nitrogens with two attached hydrogens (primary N) is 1. The molecule has 4 heteroatoms. The van der Waals surface area contributed by atoms with Crippen LogP contribution in [0.15, 0.2) is 30.3 Å². The maximum Gasteiger partial charge on any atom is 0.224 e. The average Bonchev–Trinajstić information content (AvgIpc) is 2.92. The van der Waals surface area contributed by atoms with E-state index in [-0.39, 0.29) is 11.8 Å². The molecule has 20 heavy (non-hydrogen) atoms. The zero-order chi connectivity index (χ0) is 14.4. The molecule has 3 N–H and O–H groups in total. The van der Waals surface area contributed by atoms with Gasteiger partial charge in [-0.05, 0) is 24.9 Å². The number of amides is 1. The van der Waals surface area contributed by atoms with Gasteiger partial charge in [0.2, 0.25) is 5.91 Å². The van der Waals surface area contributed by atoms with E-state index < -0.39 is 0 Å². The van der Waals surface area contributed by atoms with Gasteiger partial charge >= 0.3 is 0 Å². The summed E-state index contributed by atoms with van der Waals surface area (Å²) in [4.78, 5) is 14.2. The normalized spacial score (nSPS) is 20.8. The first-order valence-corrected chi connectivity index (χ1v) is 7.46. The maximum absolute atomic E-state index is 11.8. The van der Waals surface area contributed by atoms with E-state index in [0.29, 0.717) is 12.6 Å². The van der Waals surface area contributed by atoms with Gasteiger partial charge in [0.25, 0.3) is 0 Å². The minimum atomic E-state index is -0.0982. The third-order valence-corrected chi connectivity index (χ3v) is 4.04. The molecule has 1 aromatic rings. The molecular formula is C16H25N3O. The van der Waals surface area contributed by atoms with E-state index in [0.717, 1.165) is 26.1 Å². The number of rotatable bonds is 6. The number of nitrogens with zero attached hydrogens (tertiary/aromatic N) is 1. The first-order chi connectivity index (χ1) is 9.70. The summed E-state index contributed by atoms with van der Waals surface area (Å²) < 4.78 is 0. The average molecular weight is 275 g/mol. The smallest absolute Gasteiger partial charge is 0.224 e. The Kier molecular flexibility index (Phi) is 5.56. The lowest BCUT2D eigenvalue weighted by Gasteiger charge is -2.25. The SMILES string of the molecule is CC(CN)C(=O)NCC1CCCN1Cc1ccccc1. The summed E-state index contributed by atoms with van der Waals surface area (Å²) >= 11 is 0. The molecule has 2 unspecified atom stereocenters. The highest BCUT2D eigenvalue weighted by molar-refractivity contribution is 5.78. The number of benzene rings is 1. The van der Waals surface area contributed by atoms with Crippen LogP contribution >= 0.6 is 0 Å². The Bertz CT molecular complexity index is 421. The summed E-state index contributed by atoms with van der Waals surface area (Å²) in [5, 5.41) is 3.03. The van der Waals surface area contributed by atoms with Crippen LogP contribution in [0.5, 0.6) is 0 Å². The van der Waals surface area contributed by atoms with E-state index in [9.17, 15) is 4.79 Å². The Morgan fingerprint density at radius 1 is 1.45 bits per heavy atom. The standard InChI is InChI=1S/C16H25N3O/c1-13(10-17)16(20)18-11-15-8-5-9-19(15)12-14-6-3-2-4-7-14/h2-4,6-7,13,15H,5,8-12,17H2,1H3,(H,18,20). The van der Waals surface area contributed by atoms with Gasteiger partial charge in [0.1, 0.15) is 0 Å². The van der Waals surface area contributed by atoms with E-state index in [1.54, 1.807) is 0 Å². The summed E-state index contributed by atoms with van der Waals surface area (Å²) in [6.45, 7) is 5.08. The van der Waals surface area contributed by atoms with Crippen molar-refractivity contribution in [3.05, 3.63) is 35.9 Å². The minimum absolute atomic E-state index is 0.0686. The Balaban J connectivity index is 1.83. The van der Waals surface area contributed by atoms with Gasteiger partial charge in [-0.2, -0.15) is 0 Å². The van der Waals surface area contributed by atoms with Crippen LogP contribution in [0.3, 0.4) is 0 Å². The Morgan fingerprint density at radius 3 is 2.90 bits per heavy atom. The van der Waals surface area contributed by atoms with E-state index >= 15 is 0 Å². The molecule has 1 amide bonds. The van der Waals surface area contributed by atoms with Crippen LogP contribution in [0.4, 0.5) is 0 Å². The quantitative estimate of drug-likeness (QED) is 0.824. The molecule has 110 valence electrons. The van der Waals surface area contributed by atoms with Crippen molar-refractivity contribution in [3.8, 4) is 0 Å². The van der Waals surface area contributed by atoms with E-state index in [1.165, 1.54) is 12.0 Å². The highest BCUT2D eigenvalue weighted by Crippen LogP contribution is 2.19. The molecule has 1 aliphatic rings. The number of carbonyl (C=O) groups is 1. The Labute approximate surface area is 121 Å². The van der Waals surface area contributed by atoms with E-state index in [4.69, 9.17) is 5.73 Å². The molecule has 1 saturated heterocycles. The van der Waals surface area contributed by atoms with Crippen LogP contribution in [0.1, 0.15) is 25.3 Å². The fraction of sp³-hybridized carbons (Fsp3) is 0.562. The highest BCUT2D eigenvalue weighted by Gasteiger charge is 2.25. The van der Waals surface area contributed by atoms with Crippen molar-refractivity contribution >= 4 is 5.91 Å².